The molecule has 0 aliphatic rings. The van der Waals surface area contributed by atoms with Gasteiger partial charge in [-0.15, -0.1) is 11.8 Å². The van der Waals surface area contributed by atoms with E-state index in [0.717, 1.165) is 0 Å². The van der Waals surface area contributed by atoms with Crippen molar-refractivity contribution in [1.82, 2.24) is 0 Å². The molecular weight excluding hydrogens is 364 g/mol. The van der Waals surface area contributed by atoms with E-state index in [1.165, 1.54) is 24.3 Å². The fraction of sp³-hybridized carbons (Fsp3) is 0.143. The number of rotatable bonds is 4. The summed E-state index contributed by atoms with van der Waals surface area (Å²) in [5.41, 5.74) is 0. The quantitative estimate of drug-likeness (QED) is 0.456. The van der Waals surface area contributed by atoms with E-state index < -0.39 is 19.9 Å². The van der Waals surface area contributed by atoms with Crippen LogP contribution in [0.15, 0.2) is 29.2 Å². The van der Waals surface area contributed by atoms with Gasteiger partial charge in [0.2, 0.25) is 0 Å². The first-order chi connectivity index (χ1) is 7.60. The molecule has 1 aromatic rings. The van der Waals surface area contributed by atoms with Crippen LogP contribution in [-0.2, 0) is 26.2 Å². The second-order valence-corrected chi connectivity index (χ2v) is 9.04. The minimum atomic E-state index is -5.22. The molecule has 18 heavy (non-hydrogen) atoms. The molecule has 1 rings (SSSR count). The molecule has 2 atom stereocenters. The normalized spacial score (nSPS) is 19.2. The van der Waals surface area contributed by atoms with Crippen LogP contribution in [0.3, 0.4) is 0 Å². The molecule has 2 unspecified atom stereocenters. The van der Waals surface area contributed by atoms with Crippen molar-refractivity contribution in [2.24, 2.45) is 0 Å². The summed E-state index contributed by atoms with van der Waals surface area (Å²) >= 11 is 5.89. The van der Waals surface area contributed by atoms with Crippen LogP contribution in [0.4, 0.5) is 0 Å². The molecule has 1 radical (unpaired) electrons. The van der Waals surface area contributed by atoms with Gasteiger partial charge in [-0.2, -0.15) is 0 Å². The smallest absolute Gasteiger partial charge is 0.777 e. The Bertz CT molecular complexity index is 463. The molecule has 101 valence electrons. The molecule has 0 fully saturated rings. The largest absolute Gasteiger partial charge is 2.00 e. The molecule has 0 saturated carbocycles. The summed E-state index contributed by atoms with van der Waals surface area (Å²) in [5, 5.41) is 0.384. The summed E-state index contributed by atoms with van der Waals surface area (Å²) in [4.78, 5) is 39.4. The summed E-state index contributed by atoms with van der Waals surface area (Å²) in [6.07, 6.45) is 0. The van der Waals surface area contributed by atoms with Crippen LogP contribution in [0.25, 0.3) is 0 Å². The van der Waals surface area contributed by atoms with E-state index >= 15 is 0 Å². The molecule has 6 nitrogen and oxygen atoms in total. The number of hydrogen-bond donors (Lipinski definition) is 2. The Kier molecular flexibility index (Phi) is 7.17. The topological polar surface area (TPSA) is 121 Å². The van der Waals surface area contributed by atoms with Crippen LogP contribution in [0.2, 0.25) is 5.02 Å². The molecule has 0 aliphatic heterocycles. The predicted octanol–water partition coefficient (Wildman–Crippen LogP) is 0.805. The molecule has 0 saturated heterocycles. The van der Waals surface area contributed by atoms with Crippen LogP contribution in [-0.4, -0.2) is 14.5 Å². The van der Waals surface area contributed by atoms with Gasteiger partial charge in [-0.25, -0.2) is 0 Å². The van der Waals surface area contributed by atoms with E-state index in [1.807, 2.05) is 0 Å². The summed E-state index contributed by atoms with van der Waals surface area (Å²) in [7, 11) is -10.4. The third kappa shape index (κ3) is 5.76. The number of halogens is 1. The van der Waals surface area contributed by atoms with Gasteiger partial charge in [0.1, 0.15) is 4.73 Å². The first kappa shape index (κ1) is 18.7. The Balaban J connectivity index is 0.00000289. The summed E-state index contributed by atoms with van der Waals surface area (Å²) in [5.74, 6) is 0. The van der Waals surface area contributed by atoms with Crippen molar-refractivity contribution in [3.8, 4) is 0 Å². The molecule has 2 N–H and O–H groups in total. The molecule has 0 aromatic heterocycles. The van der Waals surface area contributed by atoms with Gasteiger partial charge >= 0.3 is 17.1 Å². The van der Waals surface area contributed by atoms with E-state index in [2.05, 4.69) is 0 Å². The Morgan fingerprint density at radius 1 is 1.11 bits per heavy atom. The molecule has 0 aliphatic carbocycles. The molecule has 1 aromatic carbocycles. The van der Waals surface area contributed by atoms with Gasteiger partial charge in [-0.1, -0.05) is 11.6 Å². The van der Waals surface area contributed by atoms with Crippen molar-refractivity contribution >= 4 is 38.6 Å². The molecule has 0 amide bonds. The maximum absolute atomic E-state index is 10.9. The summed E-state index contributed by atoms with van der Waals surface area (Å²) in [6, 6.07) is 5.57. The maximum atomic E-state index is 10.9. The third-order valence-corrected chi connectivity index (χ3v) is 7.72. The van der Waals surface area contributed by atoms with Crippen LogP contribution in [0.1, 0.15) is 0 Å². The van der Waals surface area contributed by atoms with Gasteiger partial charge in [0.15, 0.2) is 15.2 Å². The third-order valence-electron chi connectivity index (χ3n) is 1.61. The number of hydrogen-bond acceptors (Lipinski definition) is 5. The zero-order valence-corrected chi connectivity index (χ0v) is 13.0. The van der Waals surface area contributed by atoms with Gasteiger partial charge in [0.05, 0.1) is 0 Å². The Morgan fingerprint density at radius 2 is 1.50 bits per heavy atom. The summed E-state index contributed by atoms with van der Waals surface area (Å²) < 4.78 is 19.4. The van der Waals surface area contributed by atoms with E-state index in [4.69, 9.17) is 21.4 Å². The molecular formula is C7H7ClMnO6P2S. The predicted molar refractivity (Wildman–Crippen MR) is 60.7 cm³/mol. The second kappa shape index (κ2) is 6.91. The second-order valence-electron chi connectivity index (χ2n) is 3.03. The minimum absolute atomic E-state index is 0. The Labute approximate surface area is 123 Å². The first-order valence-corrected chi connectivity index (χ1v) is 8.65. The van der Waals surface area contributed by atoms with E-state index in [-0.39, 0.29) is 22.0 Å². The van der Waals surface area contributed by atoms with E-state index in [0.29, 0.717) is 16.8 Å². The number of benzene rings is 1. The van der Waals surface area contributed by atoms with Crippen molar-refractivity contribution in [2.75, 3.05) is 0 Å². The SMILES string of the molecule is O=P([O-])(O)C(Sc1ccc(Cl)cc1)P(=O)([O-])O.[Mn+2]. The van der Waals surface area contributed by atoms with Crippen molar-refractivity contribution < 1.29 is 45.8 Å². The average Bonchev–Trinajstić information content (AvgIpc) is 2.13. The van der Waals surface area contributed by atoms with Gasteiger partial charge < -0.3 is 28.7 Å². The van der Waals surface area contributed by atoms with Gasteiger partial charge in [0, 0.05) is 9.92 Å². The first-order valence-electron chi connectivity index (χ1n) is 4.10. The van der Waals surface area contributed by atoms with Gasteiger partial charge in [0.25, 0.3) is 0 Å². The maximum Gasteiger partial charge on any atom is 2.00 e. The van der Waals surface area contributed by atoms with Crippen LogP contribution in [0.5, 0.6) is 0 Å². The van der Waals surface area contributed by atoms with E-state index in [1.54, 1.807) is 0 Å². The van der Waals surface area contributed by atoms with Crippen molar-refractivity contribution in [2.45, 2.75) is 9.63 Å². The fourth-order valence-electron chi connectivity index (χ4n) is 0.952. The van der Waals surface area contributed by atoms with Crippen molar-refractivity contribution in [3.63, 3.8) is 0 Å². The summed E-state index contributed by atoms with van der Waals surface area (Å²) in [6.45, 7) is 0. The molecule has 0 heterocycles. The van der Waals surface area contributed by atoms with Crippen molar-refractivity contribution in [3.05, 3.63) is 29.3 Å². The van der Waals surface area contributed by atoms with Crippen LogP contribution in [0, 0.1) is 0 Å². The Hall–Kier alpha value is 0.679. The molecule has 0 spiro atoms. The molecule has 11 heteroatoms. The van der Waals surface area contributed by atoms with Gasteiger partial charge in [-0.05, 0) is 24.3 Å². The average molecular weight is 372 g/mol. The van der Waals surface area contributed by atoms with Gasteiger partial charge in [-0.3, -0.25) is 0 Å². The Morgan fingerprint density at radius 3 is 1.83 bits per heavy atom. The van der Waals surface area contributed by atoms with Crippen LogP contribution >= 0.6 is 38.6 Å². The van der Waals surface area contributed by atoms with Crippen molar-refractivity contribution in [1.29, 1.82) is 0 Å². The van der Waals surface area contributed by atoms with E-state index in [9.17, 15) is 18.9 Å². The molecule has 0 bridgehead atoms. The standard InChI is InChI=1S/C7H9ClO6P2S.Mn/c8-5-1-3-6(4-2-5)17-7(15(9,10)11)16(12,13)14;/h1-4,7H,(H2,9,10,11)(H2,12,13,14);/q;+2/p-2. The zero-order valence-electron chi connectivity index (χ0n) is 8.47. The number of thioether (sulfide) groups is 1. The fourth-order valence-corrected chi connectivity index (χ4v) is 4.89. The monoisotopic (exact) mass is 371 g/mol. The van der Waals surface area contributed by atoms with Crippen LogP contribution < -0.4 is 9.79 Å². The minimum Gasteiger partial charge on any atom is -0.777 e. The zero-order chi connectivity index (χ0) is 13.3.